The van der Waals surface area contributed by atoms with Gasteiger partial charge in [0, 0.05) is 6.54 Å². The van der Waals surface area contributed by atoms with Gasteiger partial charge in [-0.25, -0.2) is 17.1 Å². The van der Waals surface area contributed by atoms with Crippen molar-refractivity contribution in [3.05, 3.63) is 64.4 Å². The number of carbonyl (C=O) groups excluding carboxylic acids is 2. The number of halogens is 2. The lowest BCUT2D eigenvalue weighted by atomic mass is 10.1. The Morgan fingerprint density at radius 3 is 2.50 bits per heavy atom. The molecule has 2 aromatic carbocycles. The Kier molecular flexibility index (Phi) is 5.71. The molecule has 0 spiro atoms. The van der Waals surface area contributed by atoms with E-state index in [0.29, 0.717) is 13.0 Å². The van der Waals surface area contributed by atoms with Crippen LogP contribution in [0.2, 0.25) is 5.02 Å². The third kappa shape index (κ3) is 4.18. The number of rotatable bonds is 5. The van der Waals surface area contributed by atoms with Gasteiger partial charge in [-0.15, -0.1) is 0 Å². The SMILES string of the molecule is C[C@@H]1CS(=O)(=O)N(c2ccc(C(=O)NCCc3ccc(F)cc3)c(Cl)c2)C1=O. The topological polar surface area (TPSA) is 83.6 Å². The zero-order chi connectivity index (χ0) is 20.5. The lowest BCUT2D eigenvalue weighted by Gasteiger charge is -2.16. The van der Waals surface area contributed by atoms with Crippen LogP contribution in [-0.2, 0) is 21.2 Å². The summed E-state index contributed by atoms with van der Waals surface area (Å²) in [5, 5.41) is 2.75. The number of carbonyl (C=O) groups is 2. The summed E-state index contributed by atoms with van der Waals surface area (Å²) < 4.78 is 38.0. The molecule has 0 unspecified atom stereocenters. The minimum Gasteiger partial charge on any atom is -0.352 e. The Morgan fingerprint density at radius 1 is 1.25 bits per heavy atom. The Balaban J connectivity index is 1.69. The van der Waals surface area contributed by atoms with E-state index in [1.165, 1.54) is 30.3 Å². The van der Waals surface area contributed by atoms with Gasteiger partial charge < -0.3 is 5.32 Å². The molecule has 28 heavy (non-hydrogen) atoms. The van der Waals surface area contributed by atoms with E-state index in [2.05, 4.69) is 5.32 Å². The van der Waals surface area contributed by atoms with Crippen LogP contribution in [0.5, 0.6) is 0 Å². The van der Waals surface area contributed by atoms with Gasteiger partial charge in [-0.1, -0.05) is 30.7 Å². The maximum absolute atomic E-state index is 12.9. The fourth-order valence-corrected chi connectivity index (χ4v) is 5.04. The first-order valence-electron chi connectivity index (χ1n) is 8.58. The quantitative estimate of drug-likeness (QED) is 0.800. The number of nitrogens with zero attached hydrogens (tertiary/aromatic N) is 1. The third-order valence-electron chi connectivity index (χ3n) is 4.40. The van der Waals surface area contributed by atoms with Gasteiger partial charge in [0.1, 0.15) is 5.82 Å². The van der Waals surface area contributed by atoms with Gasteiger partial charge in [0.15, 0.2) is 0 Å². The first-order chi connectivity index (χ1) is 13.2. The largest absolute Gasteiger partial charge is 0.352 e. The van der Waals surface area contributed by atoms with Crippen LogP contribution >= 0.6 is 11.6 Å². The second kappa shape index (κ2) is 7.89. The predicted octanol–water partition coefficient (Wildman–Crippen LogP) is 2.76. The van der Waals surface area contributed by atoms with E-state index >= 15 is 0 Å². The molecule has 2 aromatic rings. The van der Waals surface area contributed by atoms with Gasteiger partial charge in [-0.3, -0.25) is 9.59 Å². The molecular weight excluding hydrogens is 407 g/mol. The molecule has 1 saturated heterocycles. The fourth-order valence-electron chi connectivity index (χ4n) is 2.97. The summed E-state index contributed by atoms with van der Waals surface area (Å²) in [6.45, 7) is 1.86. The van der Waals surface area contributed by atoms with Crippen molar-refractivity contribution in [2.75, 3.05) is 16.6 Å². The van der Waals surface area contributed by atoms with Gasteiger partial charge >= 0.3 is 0 Å². The van der Waals surface area contributed by atoms with Crippen molar-refractivity contribution < 1.29 is 22.4 Å². The number of amides is 2. The average Bonchev–Trinajstić information content (AvgIpc) is 2.83. The van der Waals surface area contributed by atoms with Crippen molar-refractivity contribution in [2.24, 2.45) is 5.92 Å². The molecule has 3 rings (SSSR count). The van der Waals surface area contributed by atoms with Gasteiger partial charge in [-0.2, -0.15) is 0 Å². The lowest BCUT2D eigenvalue weighted by Crippen LogP contribution is -2.30. The van der Waals surface area contributed by atoms with Crippen molar-refractivity contribution >= 4 is 39.1 Å². The summed E-state index contributed by atoms with van der Waals surface area (Å²) >= 11 is 6.16. The molecule has 1 N–H and O–H groups in total. The van der Waals surface area contributed by atoms with E-state index < -0.39 is 27.8 Å². The van der Waals surface area contributed by atoms with Gasteiger partial charge in [0.05, 0.1) is 27.9 Å². The zero-order valence-corrected chi connectivity index (χ0v) is 16.6. The molecule has 1 aliphatic heterocycles. The van der Waals surface area contributed by atoms with E-state index in [4.69, 9.17) is 11.6 Å². The smallest absolute Gasteiger partial charge is 0.252 e. The van der Waals surface area contributed by atoms with Crippen molar-refractivity contribution in [1.82, 2.24) is 5.32 Å². The molecule has 1 fully saturated rings. The zero-order valence-electron chi connectivity index (χ0n) is 15.0. The highest BCUT2D eigenvalue weighted by molar-refractivity contribution is 7.94. The van der Waals surface area contributed by atoms with Crippen LogP contribution in [0.4, 0.5) is 10.1 Å². The molecule has 0 aliphatic carbocycles. The van der Waals surface area contributed by atoms with E-state index in [1.807, 2.05) is 0 Å². The summed E-state index contributed by atoms with van der Waals surface area (Å²) in [6.07, 6.45) is 0.514. The third-order valence-corrected chi connectivity index (χ3v) is 6.59. The predicted molar refractivity (Wildman–Crippen MR) is 104 cm³/mol. The minimum absolute atomic E-state index is 0.0411. The Morgan fingerprint density at radius 2 is 1.93 bits per heavy atom. The maximum Gasteiger partial charge on any atom is 0.252 e. The molecule has 9 heteroatoms. The van der Waals surface area contributed by atoms with Crippen LogP contribution < -0.4 is 9.62 Å². The number of hydrogen-bond donors (Lipinski definition) is 1. The van der Waals surface area contributed by atoms with Crippen LogP contribution in [0, 0.1) is 11.7 Å². The standard InChI is InChI=1S/C19H18ClFN2O4S/c1-12-11-28(26,27)23(19(12)25)15-6-7-16(17(20)10-15)18(24)22-9-8-13-2-4-14(21)5-3-13/h2-7,10,12H,8-9,11H2,1H3,(H,22,24)/t12-/m1/s1. The number of benzene rings is 2. The monoisotopic (exact) mass is 424 g/mol. The van der Waals surface area contributed by atoms with Crippen molar-refractivity contribution in [3.8, 4) is 0 Å². The van der Waals surface area contributed by atoms with E-state index in [0.717, 1.165) is 9.87 Å². The van der Waals surface area contributed by atoms with Gasteiger partial charge in [0.25, 0.3) is 5.91 Å². The molecule has 0 radical (unpaired) electrons. The van der Waals surface area contributed by atoms with Gasteiger partial charge in [-0.05, 0) is 42.3 Å². The van der Waals surface area contributed by atoms with Crippen molar-refractivity contribution in [3.63, 3.8) is 0 Å². The molecule has 148 valence electrons. The average molecular weight is 425 g/mol. The number of sulfonamides is 1. The second-order valence-corrected chi connectivity index (χ2v) is 8.85. The number of anilines is 1. The summed E-state index contributed by atoms with van der Waals surface area (Å²) in [5.41, 5.74) is 1.15. The molecule has 2 amide bonds. The molecule has 0 bridgehead atoms. The summed E-state index contributed by atoms with van der Waals surface area (Å²) in [5.74, 6) is -2.16. The van der Waals surface area contributed by atoms with E-state index in [9.17, 15) is 22.4 Å². The molecule has 1 aliphatic rings. The maximum atomic E-state index is 12.9. The van der Waals surface area contributed by atoms with Crippen LogP contribution in [0.3, 0.4) is 0 Å². The Labute approximate surface area is 167 Å². The normalized spacial score (nSPS) is 18.3. The highest BCUT2D eigenvalue weighted by atomic mass is 35.5. The number of hydrogen-bond acceptors (Lipinski definition) is 4. The first-order valence-corrected chi connectivity index (χ1v) is 10.6. The summed E-state index contributed by atoms with van der Waals surface area (Å²) in [7, 11) is -3.74. The molecule has 0 saturated carbocycles. The Hall–Kier alpha value is -2.45. The van der Waals surface area contributed by atoms with Crippen LogP contribution in [-0.4, -0.2) is 32.5 Å². The van der Waals surface area contributed by atoms with Crippen molar-refractivity contribution in [2.45, 2.75) is 13.3 Å². The summed E-state index contributed by atoms with van der Waals surface area (Å²) in [6, 6.07) is 10.0. The second-order valence-electron chi connectivity index (χ2n) is 6.58. The first kappa shape index (κ1) is 20.3. The lowest BCUT2D eigenvalue weighted by molar-refractivity contribution is -0.119. The molecular formula is C19H18ClFN2O4S. The molecule has 6 nitrogen and oxygen atoms in total. The molecule has 0 aromatic heterocycles. The summed E-state index contributed by atoms with van der Waals surface area (Å²) in [4.78, 5) is 24.5. The fraction of sp³-hybridized carbons (Fsp3) is 0.263. The van der Waals surface area contributed by atoms with Crippen LogP contribution in [0.1, 0.15) is 22.8 Å². The molecule has 1 heterocycles. The van der Waals surface area contributed by atoms with E-state index in [1.54, 1.807) is 19.1 Å². The highest BCUT2D eigenvalue weighted by Gasteiger charge is 2.42. The van der Waals surface area contributed by atoms with Crippen LogP contribution in [0.15, 0.2) is 42.5 Å². The van der Waals surface area contributed by atoms with E-state index in [-0.39, 0.29) is 27.8 Å². The molecule has 1 atom stereocenters. The minimum atomic E-state index is -3.74. The number of nitrogens with one attached hydrogen (secondary N) is 1. The highest BCUT2D eigenvalue weighted by Crippen LogP contribution is 2.31. The van der Waals surface area contributed by atoms with Crippen molar-refractivity contribution in [1.29, 1.82) is 0 Å². The van der Waals surface area contributed by atoms with Crippen LogP contribution in [0.25, 0.3) is 0 Å². The van der Waals surface area contributed by atoms with Gasteiger partial charge in [0.2, 0.25) is 15.9 Å². The Bertz CT molecular complexity index is 1020.